The molecule has 3 aromatic carbocycles. The van der Waals surface area contributed by atoms with Gasteiger partial charge in [0.15, 0.2) is 5.16 Å². The van der Waals surface area contributed by atoms with Gasteiger partial charge in [0.05, 0.1) is 30.3 Å². The third-order valence-electron chi connectivity index (χ3n) is 5.10. The molecule has 5 aromatic rings. The first-order valence-corrected chi connectivity index (χ1v) is 11.6. The minimum absolute atomic E-state index is 0.165. The summed E-state index contributed by atoms with van der Waals surface area (Å²) in [6.45, 7) is 0.481. The second-order valence-electron chi connectivity index (χ2n) is 7.13. The topological polar surface area (TPSA) is 70.7 Å². The summed E-state index contributed by atoms with van der Waals surface area (Å²) in [5.41, 5.74) is 1.24. The minimum atomic E-state index is -0.165. The SMILES string of the molecule is COc1cccc(-n2c(=O)c3ccccc3n3c(SCCOc4ccc(Cl)cc4)nnc23)c1. The zero-order valence-corrected chi connectivity index (χ0v) is 19.2. The van der Waals surface area contributed by atoms with Gasteiger partial charge in [-0.05, 0) is 48.5 Å². The van der Waals surface area contributed by atoms with Gasteiger partial charge in [-0.15, -0.1) is 10.2 Å². The van der Waals surface area contributed by atoms with Crippen molar-refractivity contribution in [2.75, 3.05) is 19.5 Å². The van der Waals surface area contributed by atoms with Gasteiger partial charge in [-0.3, -0.25) is 9.20 Å². The molecule has 2 aromatic heterocycles. The zero-order valence-electron chi connectivity index (χ0n) is 17.6. The number of halogens is 1. The molecular formula is C24H19ClN4O3S. The van der Waals surface area contributed by atoms with Crippen molar-refractivity contribution in [3.05, 3.63) is 88.2 Å². The number of nitrogens with zero attached hydrogens (tertiary/aromatic N) is 4. The van der Waals surface area contributed by atoms with Crippen LogP contribution in [0.3, 0.4) is 0 Å². The van der Waals surface area contributed by atoms with E-state index in [1.165, 1.54) is 11.8 Å². The lowest BCUT2D eigenvalue weighted by Crippen LogP contribution is -2.21. The summed E-state index contributed by atoms with van der Waals surface area (Å²) in [6.07, 6.45) is 0. The van der Waals surface area contributed by atoms with Crippen LogP contribution in [0, 0.1) is 0 Å². The summed E-state index contributed by atoms with van der Waals surface area (Å²) in [4.78, 5) is 13.4. The number of fused-ring (bicyclic) bond motifs is 3. The number of rotatable bonds is 7. The number of para-hydroxylation sites is 1. The van der Waals surface area contributed by atoms with Gasteiger partial charge in [-0.1, -0.05) is 41.6 Å². The lowest BCUT2D eigenvalue weighted by Gasteiger charge is -2.12. The third-order valence-corrected chi connectivity index (χ3v) is 6.25. The number of thioether (sulfide) groups is 1. The zero-order chi connectivity index (χ0) is 22.8. The Morgan fingerprint density at radius 2 is 1.79 bits per heavy atom. The lowest BCUT2D eigenvalue weighted by molar-refractivity contribution is 0.344. The fraction of sp³-hybridized carbons (Fsp3) is 0.125. The van der Waals surface area contributed by atoms with Gasteiger partial charge in [-0.2, -0.15) is 0 Å². The quantitative estimate of drug-likeness (QED) is 0.245. The van der Waals surface area contributed by atoms with E-state index in [4.69, 9.17) is 21.1 Å². The molecule has 0 atom stereocenters. The van der Waals surface area contributed by atoms with E-state index in [-0.39, 0.29) is 5.56 Å². The molecule has 0 spiro atoms. The van der Waals surface area contributed by atoms with Crippen LogP contribution in [0.4, 0.5) is 0 Å². The van der Waals surface area contributed by atoms with E-state index in [0.29, 0.717) is 45.1 Å². The maximum Gasteiger partial charge on any atom is 0.267 e. The summed E-state index contributed by atoms with van der Waals surface area (Å²) in [7, 11) is 1.59. The van der Waals surface area contributed by atoms with E-state index in [0.717, 1.165) is 11.3 Å². The monoisotopic (exact) mass is 478 g/mol. The van der Waals surface area contributed by atoms with E-state index < -0.39 is 0 Å². The summed E-state index contributed by atoms with van der Waals surface area (Å²) >= 11 is 7.43. The standard InChI is InChI=1S/C24H19ClN4O3S/c1-31-19-6-4-5-17(15-19)28-22(30)20-7-2-3-8-21(20)29-23(28)26-27-24(29)33-14-13-32-18-11-9-16(25)10-12-18/h2-12,15H,13-14H2,1H3. The molecule has 166 valence electrons. The van der Waals surface area contributed by atoms with Gasteiger partial charge in [0.25, 0.3) is 5.56 Å². The summed E-state index contributed by atoms with van der Waals surface area (Å²) in [5.74, 6) is 2.49. The number of methoxy groups -OCH3 is 1. The molecule has 0 bridgehead atoms. The molecule has 0 fully saturated rings. The molecule has 2 heterocycles. The van der Waals surface area contributed by atoms with Crippen molar-refractivity contribution in [3.8, 4) is 17.2 Å². The van der Waals surface area contributed by atoms with Crippen molar-refractivity contribution in [2.45, 2.75) is 5.16 Å². The first kappa shape index (κ1) is 21.4. The highest BCUT2D eigenvalue weighted by Crippen LogP contribution is 2.24. The molecule has 0 amide bonds. The average molecular weight is 479 g/mol. The normalized spacial score (nSPS) is 11.2. The van der Waals surface area contributed by atoms with Gasteiger partial charge in [0.2, 0.25) is 5.78 Å². The highest BCUT2D eigenvalue weighted by molar-refractivity contribution is 7.99. The fourth-order valence-corrected chi connectivity index (χ4v) is 4.46. The molecule has 9 heteroatoms. The van der Waals surface area contributed by atoms with E-state index in [9.17, 15) is 4.79 Å². The van der Waals surface area contributed by atoms with Crippen LogP contribution in [0.15, 0.2) is 82.7 Å². The molecular weight excluding hydrogens is 460 g/mol. The fourth-order valence-electron chi connectivity index (χ4n) is 3.58. The molecule has 7 nitrogen and oxygen atoms in total. The van der Waals surface area contributed by atoms with Crippen LogP contribution < -0.4 is 15.0 Å². The summed E-state index contributed by atoms with van der Waals surface area (Å²) < 4.78 is 14.6. The highest BCUT2D eigenvalue weighted by atomic mass is 35.5. The lowest BCUT2D eigenvalue weighted by atomic mass is 10.2. The second-order valence-corrected chi connectivity index (χ2v) is 8.63. The van der Waals surface area contributed by atoms with Crippen LogP contribution in [-0.4, -0.2) is 38.6 Å². The Morgan fingerprint density at radius 1 is 0.970 bits per heavy atom. The predicted molar refractivity (Wildman–Crippen MR) is 130 cm³/mol. The molecule has 0 unspecified atom stereocenters. The molecule has 0 aliphatic rings. The van der Waals surface area contributed by atoms with Crippen molar-refractivity contribution in [1.82, 2.24) is 19.2 Å². The van der Waals surface area contributed by atoms with Crippen LogP contribution in [0.5, 0.6) is 11.5 Å². The average Bonchev–Trinajstić information content (AvgIpc) is 3.27. The minimum Gasteiger partial charge on any atom is -0.497 e. The molecule has 0 aliphatic heterocycles. The molecule has 33 heavy (non-hydrogen) atoms. The second kappa shape index (κ2) is 9.17. The Kier molecular flexibility index (Phi) is 5.93. The van der Waals surface area contributed by atoms with Crippen LogP contribution in [0.2, 0.25) is 5.02 Å². The van der Waals surface area contributed by atoms with Gasteiger partial charge < -0.3 is 9.47 Å². The molecule has 0 N–H and O–H groups in total. The Balaban J connectivity index is 1.52. The molecule has 0 aliphatic carbocycles. The maximum atomic E-state index is 13.4. The smallest absolute Gasteiger partial charge is 0.267 e. The van der Waals surface area contributed by atoms with E-state index in [1.807, 2.05) is 59.0 Å². The Labute approximate surface area is 198 Å². The van der Waals surface area contributed by atoms with E-state index >= 15 is 0 Å². The number of aromatic nitrogens is 4. The number of benzene rings is 3. The predicted octanol–water partition coefficient (Wildman–Crippen LogP) is 4.87. The van der Waals surface area contributed by atoms with Gasteiger partial charge in [0, 0.05) is 16.8 Å². The first-order valence-electron chi connectivity index (χ1n) is 10.2. The Morgan fingerprint density at radius 3 is 2.61 bits per heavy atom. The summed E-state index contributed by atoms with van der Waals surface area (Å²) in [6, 6.07) is 22.0. The number of hydrogen-bond acceptors (Lipinski definition) is 6. The Hall–Kier alpha value is -3.49. The number of hydrogen-bond donors (Lipinski definition) is 0. The number of ether oxygens (including phenoxy) is 2. The van der Waals surface area contributed by atoms with Crippen molar-refractivity contribution < 1.29 is 9.47 Å². The van der Waals surface area contributed by atoms with E-state index in [1.54, 1.807) is 29.9 Å². The molecule has 5 rings (SSSR count). The van der Waals surface area contributed by atoms with E-state index in [2.05, 4.69) is 10.2 Å². The molecule has 0 saturated heterocycles. The summed E-state index contributed by atoms with van der Waals surface area (Å²) in [5, 5.41) is 10.7. The maximum absolute atomic E-state index is 13.4. The van der Waals surface area contributed by atoms with Gasteiger partial charge in [0.1, 0.15) is 11.5 Å². The third kappa shape index (κ3) is 4.15. The van der Waals surface area contributed by atoms with Crippen LogP contribution in [0.1, 0.15) is 0 Å². The molecule has 0 radical (unpaired) electrons. The largest absolute Gasteiger partial charge is 0.497 e. The van der Waals surface area contributed by atoms with Crippen molar-refractivity contribution >= 4 is 40.0 Å². The molecule has 0 saturated carbocycles. The highest BCUT2D eigenvalue weighted by Gasteiger charge is 2.18. The van der Waals surface area contributed by atoms with Crippen molar-refractivity contribution in [1.29, 1.82) is 0 Å². The van der Waals surface area contributed by atoms with Crippen LogP contribution >= 0.6 is 23.4 Å². The van der Waals surface area contributed by atoms with Crippen LogP contribution in [-0.2, 0) is 0 Å². The first-order chi connectivity index (χ1) is 16.2. The van der Waals surface area contributed by atoms with Crippen molar-refractivity contribution in [3.63, 3.8) is 0 Å². The van der Waals surface area contributed by atoms with Gasteiger partial charge in [-0.25, -0.2) is 4.57 Å². The van der Waals surface area contributed by atoms with Crippen LogP contribution in [0.25, 0.3) is 22.4 Å². The van der Waals surface area contributed by atoms with Gasteiger partial charge >= 0.3 is 0 Å². The Bertz CT molecular complexity index is 1500. The van der Waals surface area contributed by atoms with Crippen molar-refractivity contribution in [2.24, 2.45) is 0 Å².